The third-order valence-corrected chi connectivity index (χ3v) is 5.98. The van der Waals surface area contributed by atoms with Crippen LogP contribution in [0.4, 0.5) is 10.6 Å². The van der Waals surface area contributed by atoms with E-state index in [-0.39, 0.29) is 24.3 Å². The number of carbonyl (C=O) groups excluding carboxylic acids is 1. The smallest absolute Gasteiger partial charge is 0.323 e. The predicted octanol–water partition coefficient (Wildman–Crippen LogP) is 2.76. The number of guanidine groups is 1. The fourth-order valence-corrected chi connectivity index (χ4v) is 4.17. The molecule has 0 saturated carbocycles. The van der Waals surface area contributed by atoms with Crippen molar-refractivity contribution >= 4 is 17.8 Å². The molecule has 3 heterocycles. The molecule has 1 aromatic heterocycles. The van der Waals surface area contributed by atoms with E-state index in [2.05, 4.69) is 66.3 Å². The maximum atomic E-state index is 12.5. The van der Waals surface area contributed by atoms with Gasteiger partial charge in [0.15, 0.2) is 5.96 Å². The Morgan fingerprint density at radius 3 is 2.42 bits per heavy atom. The van der Waals surface area contributed by atoms with Crippen LogP contribution in [0.2, 0.25) is 0 Å². The molecular formula is C22H38N8O. The van der Waals surface area contributed by atoms with Crippen LogP contribution in [0.5, 0.6) is 0 Å². The quantitative estimate of drug-likeness (QED) is 0.455. The number of nitrogens with one attached hydrogen (secondary N) is 3. The van der Waals surface area contributed by atoms with Gasteiger partial charge in [-0.05, 0) is 43.7 Å². The lowest BCUT2D eigenvalue weighted by Crippen LogP contribution is -2.57. The molecule has 3 rings (SSSR count). The number of amides is 2. The second kappa shape index (κ2) is 8.92. The minimum atomic E-state index is -0.467. The Kier molecular flexibility index (Phi) is 6.66. The maximum Gasteiger partial charge on any atom is 0.323 e. The summed E-state index contributed by atoms with van der Waals surface area (Å²) in [6, 6.07) is 0.124. The van der Waals surface area contributed by atoms with Crippen LogP contribution < -0.4 is 27.4 Å². The first-order valence-electron chi connectivity index (χ1n) is 11.2. The van der Waals surface area contributed by atoms with Crippen molar-refractivity contribution < 1.29 is 4.79 Å². The Balaban J connectivity index is 1.82. The molecule has 0 aromatic carbocycles. The molecule has 9 heteroatoms. The van der Waals surface area contributed by atoms with Gasteiger partial charge in [-0.2, -0.15) is 0 Å². The van der Waals surface area contributed by atoms with Gasteiger partial charge in [0, 0.05) is 36.6 Å². The summed E-state index contributed by atoms with van der Waals surface area (Å²) in [5, 5.41) is 9.85. The normalized spacial score (nSPS) is 22.3. The molecule has 0 saturated heterocycles. The number of aromatic nitrogens is 1. The van der Waals surface area contributed by atoms with Crippen molar-refractivity contribution in [3.8, 4) is 0 Å². The molecule has 0 fully saturated rings. The lowest BCUT2D eigenvalue weighted by atomic mass is 9.99. The first-order valence-corrected chi connectivity index (χ1v) is 11.2. The number of nitrogens with two attached hydrogens (primary N) is 2. The maximum absolute atomic E-state index is 12.5. The molecule has 172 valence electrons. The summed E-state index contributed by atoms with van der Waals surface area (Å²) in [7, 11) is 0. The number of nitrogens with zero attached hydrogens (tertiary/aromatic N) is 3. The van der Waals surface area contributed by atoms with Gasteiger partial charge in [0.25, 0.3) is 0 Å². The molecule has 7 N–H and O–H groups in total. The summed E-state index contributed by atoms with van der Waals surface area (Å²) in [5.74, 6) is 1.84. The highest BCUT2D eigenvalue weighted by Crippen LogP contribution is 2.37. The number of aliphatic imine (C=N–C) groups is 1. The van der Waals surface area contributed by atoms with E-state index in [1.807, 2.05) is 20.0 Å². The molecule has 9 nitrogen and oxygen atoms in total. The second-order valence-corrected chi connectivity index (χ2v) is 9.42. The third kappa shape index (κ3) is 4.57. The Bertz CT molecular complexity index is 882. The molecule has 3 unspecified atom stereocenters. The zero-order valence-electron chi connectivity index (χ0n) is 19.7. The van der Waals surface area contributed by atoms with Gasteiger partial charge in [0.1, 0.15) is 18.1 Å². The lowest BCUT2D eigenvalue weighted by Gasteiger charge is -2.36. The summed E-state index contributed by atoms with van der Waals surface area (Å²) >= 11 is 0. The molecule has 0 spiro atoms. The number of urea groups is 1. The van der Waals surface area contributed by atoms with Crippen LogP contribution in [-0.2, 0) is 0 Å². The number of hydrogen-bond donors (Lipinski definition) is 5. The van der Waals surface area contributed by atoms with Gasteiger partial charge >= 0.3 is 6.03 Å². The molecule has 0 radical (unpaired) electrons. The van der Waals surface area contributed by atoms with Crippen molar-refractivity contribution in [1.29, 1.82) is 0 Å². The summed E-state index contributed by atoms with van der Waals surface area (Å²) in [4.78, 5) is 18.6. The number of fused-ring (bicyclic) bond motifs is 1. The van der Waals surface area contributed by atoms with Gasteiger partial charge in [-0.3, -0.25) is 10.2 Å². The predicted molar refractivity (Wildman–Crippen MR) is 126 cm³/mol. The summed E-state index contributed by atoms with van der Waals surface area (Å²) in [6.45, 7) is 15.4. The van der Waals surface area contributed by atoms with Gasteiger partial charge in [-0.25, -0.2) is 9.79 Å². The van der Waals surface area contributed by atoms with Gasteiger partial charge in [-0.15, -0.1) is 0 Å². The topological polar surface area (TPSA) is 126 Å². The molecule has 31 heavy (non-hydrogen) atoms. The first-order chi connectivity index (χ1) is 14.5. The van der Waals surface area contributed by atoms with Crippen molar-refractivity contribution in [2.45, 2.75) is 78.8 Å². The number of anilines is 1. The van der Waals surface area contributed by atoms with Gasteiger partial charge in [-0.1, -0.05) is 27.7 Å². The van der Waals surface area contributed by atoms with E-state index in [0.29, 0.717) is 24.3 Å². The Morgan fingerprint density at radius 1 is 1.16 bits per heavy atom. The van der Waals surface area contributed by atoms with Crippen molar-refractivity contribution in [2.75, 3.05) is 11.9 Å². The molecular weight excluding hydrogens is 392 g/mol. The zero-order valence-corrected chi connectivity index (χ0v) is 19.7. The van der Waals surface area contributed by atoms with Crippen LogP contribution in [0.25, 0.3) is 0 Å². The van der Waals surface area contributed by atoms with E-state index in [4.69, 9.17) is 11.5 Å². The van der Waals surface area contributed by atoms with E-state index >= 15 is 0 Å². The monoisotopic (exact) mass is 430 g/mol. The Labute approximate surface area is 185 Å². The van der Waals surface area contributed by atoms with Crippen LogP contribution >= 0.6 is 0 Å². The van der Waals surface area contributed by atoms with Crippen LogP contribution in [0.1, 0.15) is 77.7 Å². The van der Waals surface area contributed by atoms with Crippen molar-refractivity contribution in [1.82, 2.24) is 20.1 Å². The van der Waals surface area contributed by atoms with E-state index in [1.54, 1.807) is 4.90 Å². The fourth-order valence-electron chi connectivity index (χ4n) is 4.17. The van der Waals surface area contributed by atoms with E-state index in [9.17, 15) is 4.79 Å². The summed E-state index contributed by atoms with van der Waals surface area (Å²) < 4.78 is 2.17. The minimum Gasteiger partial charge on any atom is -0.370 e. The molecule has 2 aliphatic heterocycles. The van der Waals surface area contributed by atoms with Crippen LogP contribution in [-0.4, -0.2) is 40.2 Å². The molecule has 2 amide bonds. The number of carbonyl (C=O) groups is 1. The summed E-state index contributed by atoms with van der Waals surface area (Å²) in [6.07, 6.45) is 3.46. The average molecular weight is 431 g/mol. The Morgan fingerprint density at radius 2 is 1.84 bits per heavy atom. The molecule has 0 aliphatic carbocycles. The van der Waals surface area contributed by atoms with Crippen molar-refractivity contribution in [3.63, 3.8) is 0 Å². The first kappa shape index (κ1) is 23.1. The number of rotatable bonds is 7. The molecule has 2 aliphatic rings. The van der Waals surface area contributed by atoms with Gasteiger partial charge < -0.3 is 26.7 Å². The minimum absolute atomic E-state index is 0.0818. The fraction of sp³-hybridized carbons (Fsp3) is 0.636. The van der Waals surface area contributed by atoms with E-state index in [0.717, 1.165) is 17.0 Å². The third-order valence-electron chi connectivity index (χ3n) is 5.98. The molecule has 3 atom stereocenters. The largest absolute Gasteiger partial charge is 0.370 e. The molecule has 1 aromatic rings. The zero-order chi connectivity index (χ0) is 23.0. The van der Waals surface area contributed by atoms with Crippen LogP contribution in [0.15, 0.2) is 23.0 Å². The molecule has 0 bridgehead atoms. The SMILES string of the molecule is CC(C)C1=CN(C(C)C)C(=O)NC1NCC(C)n1cc(C(C)C)c2c1NC(N)=NC2N. The van der Waals surface area contributed by atoms with Gasteiger partial charge in [0.2, 0.25) is 0 Å². The average Bonchev–Trinajstić information content (AvgIpc) is 3.05. The van der Waals surface area contributed by atoms with Gasteiger partial charge in [0.05, 0.1) is 0 Å². The summed E-state index contributed by atoms with van der Waals surface area (Å²) in [5.41, 5.74) is 15.6. The standard InChI is InChI=1S/C22H38N8O/c1-11(2)15-9-30(20-17(15)18(23)26-21(24)28-20)14(7)8-25-19-16(12(3)4)10-29(13(5)6)22(31)27-19/h9-14,18-19,25H,8,23H2,1-7H3,(H,27,31)(H3,24,26,28). The van der Waals surface area contributed by atoms with Crippen molar-refractivity contribution in [3.05, 3.63) is 29.1 Å². The van der Waals surface area contributed by atoms with Crippen LogP contribution in [0, 0.1) is 5.92 Å². The highest BCUT2D eigenvalue weighted by atomic mass is 16.2. The van der Waals surface area contributed by atoms with E-state index in [1.165, 1.54) is 5.56 Å². The Hall–Kier alpha value is -2.52. The second-order valence-electron chi connectivity index (χ2n) is 9.42. The highest BCUT2D eigenvalue weighted by Gasteiger charge is 2.31. The van der Waals surface area contributed by atoms with E-state index < -0.39 is 6.17 Å². The number of hydrogen-bond acceptors (Lipinski definition) is 6. The lowest BCUT2D eigenvalue weighted by molar-refractivity contribution is 0.192. The highest BCUT2D eigenvalue weighted by molar-refractivity contribution is 5.94. The van der Waals surface area contributed by atoms with Crippen LogP contribution in [0.3, 0.4) is 0 Å². The van der Waals surface area contributed by atoms with Crippen molar-refractivity contribution in [2.24, 2.45) is 22.4 Å².